The zero-order valence-corrected chi connectivity index (χ0v) is 20.1. The molecule has 5 aromatic heterocycles. The largest absolute Gasteiger partial charge is 0.353 e. The van der Waals surface area contributed by atoms with Crippen LogP contribution in [0.15, 0.2) is 85.5 Å². The van der Waals surface area contributed by atoms with Gasteiger partial charge in [0, 0.05) is 58.7 Å². The third-order valence-electron chi connectivity index (χ3n) is 5.93. The van der Waals surface area contributed by atoms with Crippen molar-refractivity contribution in [2.75, 3.05) is 20.6 Å². The second-order valence-corrected chi connectivity index (χ2v) is 8.64. The highest BCUT2D eigenvalue weighted by Crippen LogP contribution is 2.33. The van der Waals surface area contributed by atoms with Crippen LogP contribution in [0.5, 0.6) is 0 Å². The van der Waals surface area contributed by atoms with E-state index in [4.69, 9.17) is 0 Å². The summed E-state index contributed by atoms with van der Waals surface area (Å²) in [5.74, 6) is 0. The first-order chi connectivity index (χ1) is 17.1. The van der Waals surface area contributed by atoms with Crippen LogP contribution in [0.1, 0.15) is 12.5 Å². The fraction of sp³-hybridized carbons (Fsp3) is 0.143. The Hall–Kier alpha value is -4.36. The molecule has 5 heterocycles. The number of likely N-dealkylation sites (N-methyl/N-ethyl adjacent to an activating group) is 1. The minimum Gasteiger partial charge on any atom is -0.353 e. The van der Waals surface area contributed by atoms with Crippen LogP contribution in [0.3, 0.4) is 0 Å². The highest BCUT2D eigenvalue weighted by atomic mass is 15.2. The van der Waals surface area contributed by atoms with Crippen molar-refractivity contribution in [3.05, 3.63) is 91.1 Å². The van der Waals surface area contributed by atoms with Crippen LogP contribution >= 0.6 is 0 Å². The van der Waals surface area contributed by atoms with Gasteiger partial charge in [0.1, 0.15) is 0 Å². The topological polar surface area (TPSA) is 86.4 Å². The molecule has 7 heteroatoms. The normalized spacial score (nSPS) is 12.7. The summed E-state index contributed by atoms with van der Waals surface area (Å²) >= 11 is 0. The second-order valence-electron chi connectivity index (χ2n) is 8.64. The standard InChI is InChI=1S/C28H27N7/c1-5-18(17-35(3)4)13-19(6-2)21-14-23-27(33-34-28(23)31-16-21)25-15-22-24(32-25)9-12-30-26(22)20-7-10-29-11-8-20/h5-16,32H,1,17H2,2-4H3,(H,31,33,34)/b18-13+,19-6+. The zero-order valence-electron chi connectivity index (χ0n) is 20.1. The molecule has 0 saturated carbocycles. The molecule has 0 saturated heterocycles. The van der Waals surface area contributed by atoms with E-state index in [0.29, 0.717) is 5.65 Å². The lowest BCUT2D eigenvalue weighted by Gasteiger charge is -2.11. The molecule has 0 aliphatic carbocycles. The Morgan fingerprint density at radius 1 is 1.06 bits per heavy atom. The van der Waals surface area contributed by atoms with Crippen molar-refractivity contribution in [2.24, 2.45) is 0 Å². The fourth-order valence-electron chi connectivity index (χ4n) is 4.26. The summed E-state index contributed by atoms with van der Waals surface area (Å²) in [4.78, 5) is 19.0. The SMILES string of the molecule is C=C/C(=C\C(=C/C)c1cnc2n[nH]c(-c3cc4c(-c5ccncc5)nccc4[nH]3)c2c1)CN(C)C. The number of nitrogens with one attached hydrogen (secondary N) is 2. The smallest absolute Gasteiger partial charge is 0.181 e. The van der Waals surface area contributed by atoms with Crippen molar-refractivity contribution < 1.29 is 0 Å². The summed E-state index contributed by atoms with van der Waals surface area (Å²) in [5, 5.41) is 9.62. The lowest BCUT2D eigenvalue weighted by molar-refractivity contribution is 0.449. The lowest BCUT2D eigenvalue weighted by atomic mass is 10.0. The highest BCUT2D eigenvalue weighted by Gasteiger charge is 2.15. The molecule has 0 aliphatic rings. The molecule has 0 unspecified atom stereocenters. The van der Waals surface area contributed by atoms with Crippen LogP contribution in [0.4, 0.5) is 0 Å². The third-order valence-corrected chi connectivity index (χ3v) is 5.93. The van der Waals surface area contributed by atoms with Crippen LogP contribution in [0.25, 0.3) is 50.2 Å². The molecule has 0 aromatic carbocycles. The molecule has 7 nitrogen and oxygen atoms in total. The average Bonchev–Trinajstić information content (AvgIpc) is 3.50. The molecule has 5 aromatic rings. The van der Waals surface area contributed by atoms with Gasteiger partial charge in [-0.3, -0.25) is 15.1 Å². The summed E-state index contributed by atoms with van der Waals surface area (Å²) in [5.41, 5.74) is 8.69. The van der Waals surface area contributed by atoms with E-state index >= 15 is 0 Å². The molecule has 0 amide bonds. The van der Waals surface area contributed by atoms with Crippen LogP contribution in [0.2, 0.25) is 0 Å². The number of rotatable bonds is 7. The summed E-state index contributed by atoms with van der Waals surface area (Å²) in [7, 11) is 4.10. The maximum Gasteiger partial charge on any atom is 0.181 e. The van der Waals surface area contributed by atoms with E-state index in [2.05, 4.69) is 65.9 Å². The molecule has 0 atom stereocenters. The van der Waals surface area contributed by atoms with Crippen LogP contribution in [-0.2, 0) is 0 Å². The maximum atomic E-state index is 4.63. The number of hydrogen-bond acceptors (Lipinski definition) is 5. The number of nitrogens with zero attached hydrogens (tertiary/aromatic N) is 5. The average molecular weight is 462 g/mol. The summed E-state index contributed by atoms with van der Waals surface area (Å²) < 4.78 is 0. The summed E-state index contributed by atoms with van der Waals surface area (Å²) in [6.45, 7) is 6.83. The Bertz CT molecular complexity index is 1570. The second kappa shape index (κ2) is 9.48. The van der Waals surface area contributed by atoms with Gasteiger partial charge in [-0.25, -0.2) is 4.98 Å². The number of pyridine rings is 3. The van der Waals surface area contributed by atoms with Gasteiger partial charge in [0.05, 0.1) is 17.1 Å². The molecule has 2 N–H and O–H groups in total. The fourth-order valence-corrected chi connectivity index (χ4v) is 4.26. The lowest BCUT2D eigenvalue weighted by Crippen LogP contribution is -2.14. The Labute approximate surface area is 204 Å². The monoisotopic (exact) mass is 461 g/mol. The van der Waals surface area contributed by atoms with E-state index < -0.39 is 0 Å². The Morgan fingerprint density at radius 2 is 1.89 bits per heavy atom. The van der Waals surface area contributed by atoms with Gasteiger partial charge in [-0.05, 0) is 62.5 Å². The molecule has 0 aliphatic heterocycles. The number of fused-ring (bicyclic) bond motifs is 2. The number of allylic oxidation sites excluding steroid dienone is 3. The van der Waals surface area contributed by atoms with Gasteiger partial charge in [-0.15, -0.1) is 0 Å². The van der Waals surface area contributed by atoms with E-state index in [1.165, 1.54) is 0 Å². The van der Waals surface area contributed by atoms with Crippen molar-refractivity contribution in [3.63, 3.8) is 0 Å². The molecule has 174 valence electrons. The zero-order chi connectivity index (χ0) is 24.4. The van der Waals surface area contributed by atoms with E-state index in [1.807, 2.05) is 57.7 Å². The molecular weight excluding hydrogens is 434 g/mol. The van der Waals surface area contributed by atoms with Gasteiger partial charge in [0.25, 0.3) is 0 Å². The molecule has 0 radical (unpaired) electrons. The van der Waals surface area contributed by atoms with E-state index in [9.17, 15) is 0 Å². The first-order valence-electron chi connectivity index (χ1n) is 11.4. The number of H-pyrrole nitrogens is 2. The van der Waals surface area contributed by atoms with Crippen molar-refractivity contribution in [1.29, 1.82) is 0 Å². The molecule has 5 rings (SSSR count). The van der Waals surface area contributed by atoms with Crippen LogP contribution in [-0.4, -0.2) is 55.7 Å². The third kappa shape index (κ3) is 4.41. The van der Waals surface area contributed by atoms with Crippen molar-refractivity contribution in [2.45, 2.75) is 6.92 Å². The van der Waals surface area contributed by atoms with E-state index in [0.717, 1.165) is 62.2 Å². The minimum atomic E-state index is 0.673. The molecular formula is C28H27N7. The van der Waals surface area contributed by atoms with Gasteiger partial charge >= 0.3 is 0 Å². The van der Waals surface area contributed by atoms with E-state index in [-0.39, 0.29) is 0 Å². The van der Waals surface area contributed by atoms with Crippen LogP contribution in [0, 0.1) is 0 Å². The summed E-state index contributed by atoms with van der Waals surface area (Å²) in [6, 6.07) is 10.2. The van der Waals surface area contributed by atoms with Gasteiger partial charge in [-0.2, -0.15) is 5.10 Å². The van der Waals surface area contributed by atoms with Crippen molar-refractivity contribution in [3.8, 4) is 22.6 Å². The molecule has 0 bridgehead atoms. The van der Waals surface area contributed by atoms with Gasteiger partial charge in [0.2, 0.25) is 0 Å². The van der Waals surface area contributed by atoms with Crippen LogP contribution < -0.4 is 0 Å². The predicted molar refractivity (Wildman–Crippen MR) is 143 cm³/mol. The predicted octanol–water partition coefficient (Wildman–Crippen LogP) is 5.64. The summed E-state index contributed by atoms with van der Waals surface area (Å²) in [6.07, 6.45) is 13.4. The molecule has 35 heavy (non-hydrogen) atoms. The Kier molecular flexibility index (Phi) is 6.08. The quantitative estimate of drug-likeness (QED) is 0.306. The van der Waals surface area contributed by atoms with Gasteiger partial charge in [0.15, 0.2) is 5.65 Å². The maximum absolute atomic E-state index is 4.63. The first-order valence-corrected chi connectivity index (χ1v) is 11.4. The minimum absolute atomic E-state index is 0.673. The van der Waals surface area contributed by atoms with Crippen molar-refractivity contribution in [1.82, 2.24) is 35.0 Å². The first kappa shape index (κ1) is 22.4. The van der Waals surface area contributed by atoms with Gasteiger partial charge in [-0.1, -0.05) is 24.8 Å². The Morgan fingerprint density at radius 3 is 2.63 bits per heavy atom. The number of aromatic amines is 2. The highest BCUT2D eigenvalue weighted by molar-refractivity contribution is 5.99. The number of hydrogen-bond donors (Lipinski definition) is 2. The molecule has 0 spiro atoms. The Balaban J connectivity index is 1.59. The van der Waals surface area contributed by atoms with Crippen molar-refractivity contribution >= 4 is 27.5 Å². The number of aromatic nitrogens is 6. The molecule has 0 fully saturated rings. The van der Waals surface area contributed by atoms with E-state index in [1.54, 1.807) is 12.4 Å². The van der Waals surface area contributed by atoms with Gasteiger partial charge < -0.3 is 9.88 Å².